The van der Waals surface area contributed by atoms with Crippen LogP contribution in [-0.2, 0) is 26.2 Å². The van der Waals surface area contributed by atoms with E-state index >= 15 is 0 Å². The summed E-state index contributed by atoms with van der Waals surface area (Å²) in [6.45, 7) is 10.6. The SMILES string of the molecule is COc1cc(C(=O)N2CCN(C(=O)CNC(=O)OC(C)(C)C)CC2(Cc2cscn2)C(=O)O)ccc1C(C)(C)C. The number of hydrogen-bond acceptors (Lipinski definition) is 8. The van der Waals surface area contributed by atoms with Crippen LogP contribution in [0.4, 0.5) is 4.79 Å². The van der Waals surface area contributed by atoms with Crippen LogP contribution in [0.3, 0.4) is 0 Å². The topological polar surface area (TPSA) is 138 Å². The molecule has 0 spiro atoms. The number of piperazine rings is 1. The van der Waals surface area contributed by atoms with Gasteiger partial charge in [-0.3, -0.25) is 9.59 Å². The maximum Gasteiger partial charge on any atom is 0.408 e. The number of carboxylic acid groups (broad SMARTS) is 1. The highest BCUT2D eigenvalue weighted by Crippen LogP contribution is 2.34. The summed E-state index contributed by atoms with van der Waals surface area (Å²) in [6, 6.07) is 5.11. The molecular weight excluding hydrogens is 536 g/mol. The number of nitrogens with one attached hydrogen (secondary N) is 1. The van der Waals surface area contributed by atoms with E-state index < -0.39 is 35.0 Å². The van der Waals surface area contributed by atoms with Crippen molar-refractivity contribution in [2.24, 2.45) is 0 Å². The van der Waals surface area contributed by atoms with Gasteiger partial charge in [-0.25, -0.2) is 14.6 Å². The van der Waals surface area contributed by atoms with Gasteiger partial charge in [0.05, 0.1) is 24.9 Å². The molecule has 1 fully saturated rings. The smallest absolute Gasteiger partial charge is 0.408 e. The summed E-state index contributed by atoms with van der Waals surface area (Å²) in [6.07, 6.45) is -0.854. The van der Waals surface area contributed by atoms with E-state index in [4.69, 9.17) is 9.47 Å². The average Bonchev–Trinajstić information content (AvgIpc) is 3.37. The molecule has 3 amide bonds. The van der Waals surface area contributed by atoms with Crippen LogP contribution in [0.2, 0.25) is 0 Å². The number of rotatable bonds is 7. The largest absolute Gasteiger partial charge is 0.496 e. The second kappa shape index (κ2) is 11.8. The van der Waals surface area contributed by atoms with Crippen LogP contribution in [0.1, 0.15) is 63.2 Å². The van der Waals surface area contributed by atoms with Gasteiger partial charge < -0.3 is 29.7 Å². The third-order valence-corrected chi connectivity index (χ3v) is 7.19. The summed E-state index contributed by atoms with van der Waals surface area (Å²) in [7, 11) is 1.53. The van der Waals surface area contributed by atoms with Crippen molar-refractivity contribution < 1.29 is 33.8 Å². The van der Waals surface area contributed by atoms with Crippen molar-refractivity contribution in [3.05, 3.63) is 45.9 Å². The van der Waals surface area contributed by atoms with Gasteiger partial charge in [-0.2, -0.15) is 0 Å². The number of hydrogen-bond donors (Lipinski definition) is 2. The molecule has 2 N–H and O–H groups in total. The molecule has 218 valence electrons. The van der Waals surface area contributed by atoms with Crippen LogP contribution in [-0.4, -0.2) is 88.2 Å². The van der Waals surface area contributed by atoms with Crippen LogP contribution in [0.25, 0.3) is 0 Å². The van der Waals surface area contributed by atoms with E-state index in [0.717, 1.165) is 5.56 Å². The van der Waals surface area contributed by atoms with Crippen molar-refractivity contribution in [1.82, 2.24) is 20.1 Å². The minimum absolute atomic E-state index is 0.0310. The second-order valence-electron chi connectivity index (χ2n) is 11.8. The van der Waals surface area contributed by atoms with Crippen molar-refractivity contribution in [2.45, 2.75) is 64.5 Å². The van der Waals surface area contributed by atoms with E-state index in [9.17, 15) is 24.3 Å². The van der Waals surface area contributed by atoms with Crippen LogP contribution in [0.15, 0.2) is 29.1 Å². The first-order valence-corrected chi connectivity index (χ1v) is 13.9. The quantitative estimate of drug-likeness (QED) is 0.514. The van der Waals surface area contributed by atoms with E-state index in [1.54, 1.807) is 43.8 Å². The van der Waals surface area contributed by atoms with Gasteiger partial charge in [-0.15, -0.1) is 11.3 Å². The van der Waals surface area contributed by atoms with Crippen molar-refractivity contribution in [1.29, 1.82) is 0 Å². The average molecular weight is 575 g/mol. The predicted octanol–water partition coefficient (Wildman–Crippen LogP) is 3.32. The standard InChI is InChI=1S/C28H38N4O7S/c1-26(2,3)20-9-8-18(12-21(20)38-7)23(34)32-11-10-31(22(33)14-29-25(37)39-27(4,5)6)16-28(32,24(35)36)13-19-15-40-17-30-19/h8-9,12,15,17H,10-11,13-14,16H2,1-7H3,(H,29,37)(H,35,36). The van der Waals surface area contributed by atoms with Crippen molar-refractivity contribution in [3.8, 4) is 5.75 Å². The van der Waals surface area contributed by atoms with E-state index in [1.807, 2.05) is 26.8 Å². The first-order valence-electron chi connectivity index (χ1n) is 12.9. The number of carbonyl (C=O) groups is 4. The van der Waals surface area contributed by atoms with Crippen molar-refractivity contribution >= 4 is 35.2 Å². The zero-order valence-electron chi connectivity index (χ0n) is 24.1. The van der Waals surface area contributed by atoms with Gasteiger partial charge in [-0.05, 0) is 43.9 Å². The summed E-state index contributed by atoms with van der Waals surface area (Å²) >= 11 is 1.31. The Kier molecular flexibility index (Phi) is 9.13. The fraction of sp³-hybridized carbons (Fsp3) is 0.536. The molecule has 1 aliphatic heterocycles. The number of thiazole rings is 1. The van der Waals surface area contributed by atoms with Crippen LogP contribution >= 0.6 is 11.3 Å². The zero-order chi connectivity index (χ0) is 29.9. The predicted molar refractivity (Wildman–Crippen MR) is 150 cm³/mol. The number of benzene rings is 1. The number of carboxylic acids is 1. The summed E-state index contributed by atoms with van der Waals surface area (Å²) in [5.74, 6) is -1.71. The lowest BCUT2D eigenvalue weighted by molar-refractivity contribution is -0.156. The minimum atomic E-state index is -1.79. The monoisotopic (exact) mass is 574 g/mol. The molecule has 12 heteroatoms. The molecule has 2 aromatic rings. The molecule has 1 aliphatic rings. The highest BCUT2D eigenvalue weighted by Gasteiger charge is 2.52. The van der Waals surface area contributed by atoms with Crippen LogP contribution in [0, 0.1) is 0 Å². The Balaban J connectivity index is 1.93. The number of amides is 3. The summed E-state index contributed by atoms with van der Waals surface area (Å²) in [4.78, 5) is 58.9. The van der Waals surface area contributed by atoms with Crippen molar-refractivity contribution in [3.63, 3.8) is 0 Å². The molecule has 40 heavy (non-hydrogen) atoms. The number of alkyl carbamates (subject to hydrolysis) is 1. The Morgan fingerprint density at radius 1 is 1.12 bits per heavy atom. The Labute approximate surface area is 238 Å². The number of carbonyl (C=O) groups excluding carboxylic acids is 3. The molecule has 1 unspecified atom stereocenters. The molecular formula is C28H38N4O7S. The third kappa shape index (κ3) is 7.09. The van der Waals surface area contributed by atoms with Gasteiger partial charge in [0.2, 0.25) is 5.91 Å². The van der Waals surface area contributed by atoms with Gasteiger partial charge in [0.1, 0.15) is 17.9 Å². The number of aliphatic carboxylic acids is 1. The van der Waals surface area contributed by atoms with Crippen LogP contribution < -0.4 is 10.1 Å². The lowest BCUT2D eigenvalue weighted by atomic mass is 9.85. The molecule has 1 atom stereocenters. The minimum Gasteiger partial charge on any atom is -0.496 e. The number of nitrogens with zero attached hydrogens (tertiary/aromatic N) is 3. The van der Waals surface area contributed by atoms with Gasteiger partial charge in [0.15, 0.2) is 5.54 Å². The van der Waals surface area contributed by atoms with E-state index in [0.29, 0.717) is 11.4 Å². The fourth-order valence-electron chi connectivity index (χ4n) is 4.63. The van der Waals surface area contributed by atoms with Crippen LogP contribution in [0.5, 0.6) is 5.75 Å². The number of ether oxygens (including phenoxy) is 2. The van der Waals surface area contributed by atoms with Gasteiger partial charge in [0, 0.05) is 30.5 Å². The summed E-state index contributed by atoms with van der Waals surface area (Å²) in [5, 5.41) is 14.7. The number of methoxy groups -OCH3 is 1. The molecule has 2 heterocycles. The molecule has 1 aromatic heterocycles. The lowest BCUT2D eigenvalue weighted by Crippen LogP contribution is -2.69. The number of aromatic nitrogens is 1. The molecule has 1 saturated heterocycles. The first-order chi connectivity index (χ1) is 18.6. The van der Waals surface area contributed by atoms with Gasteiger partial charge >= 0.3 is 12.1 Å². The molecule has 11 nitrogen and oxygen atoms in total. The Morgan fingerprint density at radius 2 is 1.82 bits per heavy atom. The zero-order valence-corrected chi connectivity index (χ0v) is 24.9. The van der Waals surface area contributed by atoms with E-state index in [2.05, 4.69) is 10.3 Å². The maximum atomic E-state index is 13.9. The Bertz CT molecular complexity index is 1250. The highest BCUT2D eigenvalue weighted by atomic mass is 32.1. The fourth-order valence-corrected chi connectivity index (χ4v) is 5.19. The van der Waals surface area contributed by atoms with Crippen molar-refractivity contribution in [2.75, 3.05) is 33.3 Å². The second-order valence-corrected chi connectivity index (χ2v) is 12.5. The molecule has 3 rings (SSSR count). The van der Waals surface area contributed by atoms with E-state index in [-0.39, 0.29) is 43.6 Å². The Hall–Kier alpha value is -3.67. The maximum absolute atomic E-state index is 13.9. The molecule has 0 saturated carbocycles. The third-order valence-electron chi connectivity index (χ3n) is 6.55. The van der Waals surface area contributed by atoms with Gasteiger partial charge in [-0.1, -0.05) is 26.8 Å². The molecule has 0 radical (unpaired) electrons. The Morgan fingerprint density at radius 3 is 2.38 bits per heavy atom. The lowest BCUT2D eigenvalue weighted by Gasteiger charge is -2.48. The summed E-state index contributed by atoms with van der Waals surface area (Å²) in [5.41, 5.74) is 0.504. The summed E-state index contributed by atoms with van der Waals surface area (Å²) < 4.78 is 10.8. The molecule has 0 bridgehead atoms. The normalized spacial score (nSPS) is 17.8. The van der Waals surface area contributed by atoms with Gasteiger partial charge in [0.25, 0.3) is 5.91 Å². The van der Waals surface area contributed by atoms with E-state index in [1.165, 1.54) is 28.2 Å². The first kappa shape index (κ1) is 30.9. The molecule has 1 aromatic carbocycles. The highest BCUT2D eigenvalue weighted by molar-refractivity contribution is 7.07. The molecule has 0 aliphatic carbocycles.